The average molecular weight is 322 g/mol. The van der Waals surface area contributed by atoms with Crippen LogP contribution in [-0.4, -0.2) is 11.0 Å². The average Bonchev–Trinajstić information content (AvgIpc) is 2.83. The van der Waals surface area contributed by atoms with Gasteiger partial charge in [-0.15, -0.1) is 0 Å². The van der Waals surface area contributed by atoms with E-state index in [2.05, 4.69) is 29.6 Å². The molecule has 0 aliphatic heterocycles. The minimum atomic E-state index is 0.249. The molecule has 0 unspecified atom stereocenters. The van der Waals surface area contributed by atoms with E-state index >= 15 is 0 Å². The van der Waals surface area contributed by atoms with Crippen molar-refractivity contribution in [2.45, 2.75) is 20.4 Å². The summed E-state index contributed by atoms with van der Waals surface area (Å²) in [5.74, 6) is 1.34. The van der Waals surface area contributed by atoms with Crippen molar-refractivity contribution < 1.29 is 4.74 Å². The second kappa shape index (κ2) is 7.30. The third-order valence-corrected chi connectivity index (χ3v) is 3.88. The zero-order valence-electron chi connectivity index (χ0n) is 11.9. The highest BCUT2D eigenvalue weighted by atomic mass is 35.5. The maximum absolute atomic E-state index is 9.02. The van der Waals surface area contributed by atoms with Gasteiger partial charge in [-0.3, -0.25) is 0 Å². The molecular weight excluding hydrogens is 306 g/mol. The van der Waals surface area contributed by atoms with Gasteiger partial charge in [0.1, 0.15) is 22.4 Å². The van der Waals surface area contributed by atoms with Crippen molar-refractivity contribution in [3.05, 3.63) is 40.5 Å². The fraction of sp³-hybridized carbons (Fsp3) is 0.333. The number of ether oxygens (including phenoxy) is 1. The minimum absolute atomic E-state index is 0.249. The maximum atomic E-state index is 9.02. The Morgan fingerprint density at radius 1 is 1.48 bits per heavy atom. The van der Waals surface area contributed by atoms with Crippen LogP contribution in [0.4, 0.5) is 5.00 Å². The van der Waals surface area contributed by atoms with Crippen LogP contribution >= 0.6 is 23.1 Å². The molecule has 2 aromatic rings. The highest BCUT2D eigenvalue weighted by Gasteiger charge is 2.11. The van der Waals surface area contributed by atoms with Gasteiger partial charge < -0.3 is 10.1 Å². The molecule has 0 spiro atoms. The van der Waals surface area contributed by atoms with Gasteiger partial charge in [0.25, 0.3) is 0 Å². The monoisotopic (exact) mass is 321 g/mol. The number of nitrogens with zero attached hydrogens (tertiary/aromatic N) is 2. The van der Waals surface area contributed by atoms with Gasteiger partial charge in [-0.1, -0.05) is 37.6 Å². The Bertz CT molecular complexity index is 649. The standard InChI is InChI=1S/C15H16ClN3OS/c1-10(2)9-20-12-5-3-4-11(6-12)8-18-15-13(7-17)14(16)19-21-15/h3-6,10,18H,8-9H2,1-2H3. The topological polar surface area (TPSA) is 57.9 Å². The van der Waals surface area contributed by atoms with Crippen molar-refractivity contribution in [3.63, 3.8) is 0 Å². The van der Waals surface area contributed by atoms with E-state index in [1.807, 2.05) is 24.3 Å². The van der Waals surface area contributed by atoms with Crippen molar-refractivity contribution in [1.82, 2.24) is 4.37 Å². The second-order valence-electron chi connectivity index (χ2n) is 5.00. The third kappa shape index (κ3) is 4.35. The van der Waals surface area contributed by atoms with Crippen LogP contribution in [0.2, 0.25) is 5.15 Å². The lowest BCUT2D eigenvalue weighted by atomic mass is 10.2. The number of benzene rings is 1. The SMILES string of the molecule is CC(C)COc1cccc(CNc2snc(Cl)c2C#N)c1. The minimum Gasteiger partial charge on any atom is -0.493 e. The number of halogens is 1. The number of rotatable bonds is 6. The molecule has 1 N–H and O–H groups in total. The summed E-state index contributed by atoms with van der Waals surface area (Å²) in [6, 6.07) is 9.94. The van der Waals surface area contributed by atoms with Gasteiger partial charge in [-0.05, 0) is 35.1 Å². The third-order valence-electron chi connectivity index (χ3n) is 2.70. The van der Waals surface area contributed by atoms with Gasteiger partial charge >= 0.3 is 0 Å². The molecule has 1 aromatic heterocycles. The van der Waals surface area contributed by atoms with Crippen LogP contribution in [-0.2, 0) is 6.54 Å². The van der Waals surface area contributed by atoms with Crippen molar-refractivity contribution in [2.24, 2.45) is 5.92 Å². The van der Waals surface area contributed by atoms with Gasteiger partial charge in [0.15, 0.2) is 5.15 Å². The Kier molecular flexibility index (Phi) is 5.43. The molecule has 0 atom stereocenters. The fourth-order valence-electron chi connectivity index (χ4n) is 1.68. The summed E-state index contributed by atoms with van der Waals surface area (Å²) in [6.07, 6.45) is 0. The van der Waals surface area contributed by atoms with E-state index in [4.69, 9.17) is 21.6 Å². The zero-order valence-corrected chi connectivity index (χ0v) is 13.5. The number of hydrogen-bond donors (Lipinski definition) is 1. The van der Waals surface area contributed by atoms with Crippen LogP contribution in [0.1, 0.15) is 25.0 Å². The molecule has 6 heteroatoms. The summed E-state index contributed by atoms with van der Waals surface area (Å²) in [6.45, 7) is 5.51. The summed E-state index contributed by atoms with van der Waals surface area (Å²) in [5.41, 5.74) is 1.47. The van der Waals surface area contributed by atoms with Crippen LogP contribution < -0.4 is 10.1 Å². The lowest BCUT2D eigenvalue weighted by Crippen LogP contribution is -2.05. The number of aromatic nitrogens is 1. The summed E-state index contributed by atoms with van der Waals surface area (Å²) in [5, 5.41) is 13.2. The normalized spacial score (nSPS) is 10.4. The molecule has 0 amide bonds. The molecular formula is C15H16ClN3OS. The highest BCUT2D eigenvalue weighted by molar-refractivity contribution is 7.10. The van der Waals surface area contributed by atoms with Crippen LogP contribution in [0.3, 0.4) is 0 Å². The Morgan fingerprint density at radius 3 is 3.00 bits per heavy atom. The first-order valence-electron chi connectivity index (χ1n) is 6.61. The molecule has 1 heterocycles. The van der Waals surface area contributed by atoms with Crippen LogP contribution in [0.15, 0.2) is 24.3 Å². The molecule has 0 fully saturated rings. The van der Waals surface area contributed by atoms with E-state index in [0.29, 0.717) is 29.6 Å². The smallest absolute Gasteiger partial charge is 0.162 e. The number of nitriles is 1. The number of nitrogens with one attached hydrogen (secondary N) is 1. The largest absolute Gasteiger partial charge is 0.493 e. The van der Waals surface area contributed by atoms with Gasteiger partial charge in [0.05, 0.1) is 6.61 Å². The van der Waals surface area contributed by atoms with Crippen LogP contribution in [0.25, 0.3) is 0 Å². The summed E-state index contributed by atoms with van der Waals surface area (Å²) in [4.78, 5) is 0. The van der Waals surface area contributed by atoms with Gasteiger partial charge in [0.2, 0.25) is 0 Å². The predicted octanol–water partition coefficient (Wildman–Crippen LogP) is 4.32. The molecule has 4 nitrogen and oxygen atoms in total. The lowest BCUT2D eigenvalue weighted by Gasteiger charge is -2.10. The van der Waals surface area contributed by atoms with Crippen LogP contribution in [0, 0.1) is 17.2 Å². The fourth-order valence-corrected chi connectivity index (χ4v) is 2.61. The van der Waals surface area contributed by atoms with Gasteiger partial charge in [0, 0.05) is 6.54 Å². The molecule has 1 aromatic carbocycles. The first-order chi connectivity index (χ1) is 10.1. The van der Waals surface area contributed by atoms with Crippen LogP contribution in [0.5, 0.6) is 5.75 Å². The van der Waals surface area contributed by atoms with Crippen molar-refractivity contribution in [3.8, 4) is 11.8 Å². The Morgan fingerprint density at radius 2 is 2.29 bits per heavy atom. The van der Waals surface area contributed by atoms with Crippen molar-refractivity contribution in [2.75, 3.05) is 11.9 Å². The van der Waals surface area contributed by atoms with E-state index < -0.39 is 0 Å². The Labute approximate surface area is 133 Å². The maximum Gasteiger partial charge on any atom is 0.162 e. The first kappa shape index (κ1) is 15.6. The van der Waals surface area contributed by atoms with E-state index in [1.165, 1.54) is 11.5 Å². The highest BCUT2D eigenvalue weighted by Crippen LogP contribution is 2.28. The molecule has 0 bridgehead atoms. The summed E-state index contributed by atoms with van der Waals surface area (Å²) in [7, 11) is 0. The van der Waals surface area contributed by atoms with E-state index in [0.717, 1.165) is 11.3 Å². The van der Waals surface area contributed by atoms with Crippen molar-refractivity contribution in [1.29, 1.82) is 5.26 Å². The van der Waals surface area contributed by atoms with Crippen molar-refractivity contribution >= 4 is 28.1 Å². The van der Waals surface area contributed by atoms with E-state index in [9.17, 15) is 0 Å². The second-order valence-corrected chi connectivity index (χ2v) is 6.13. The molecule has 0 saturated carbocycles. The zero-order chi connectivity index (χ0) is 15.2. The van der Waals surface area contributed by atoms with Gasteiger partial charge in [-0.2, -0.15) is 9.64 Å². The number of anilines is 1. The van der Waals surface area contributed by atoms with Gasteiger partial charge in [-0.25, -0.2) is 0 Å². The molecule has 0 saturated heterocycles. The number of hydrogen-bond acceptors (Lipinski definition) is 5. The molecule has 0 radical (unpaired) electrons. The molecule has 0 aliphatic rings. The molecule has 0 aliphatic carbocycles. The first-order valence-corrected chi connectivity index (χ1v) is 7.76. The molecule has 2 rings (SSSR count). The predicted molar refractivity (Wildman–Crippen MR) is 85.9 cm³/mol. The van der Waals surface area contributed by atoms with E-state index in [1.54, 1.807) is 0 Å². The summed E-state index contributed by atoms with van der Waals surface area (Å²) >= 11 is 7.03. The van der Waals surface area contributed by atoms with E-state index in [-0.39, 0.29) is 5.15 Å². The Hall–Kier alpha value is -1.77. The molecule has 21 heavy (non-hydrogen) atoms. The molecule has 110 valence electrons. The quantitative estimate of drug-likeness (QED) is 0.861. The lowest BCUT2D eigenvalue weighted by molar-refractivity contribution is 0.271. The Balaban J connectivity index is 2.00. The summed E-state index contributed by atoms with van der Waals surface area (Å²) < 4.78 is 9.66.